The molecule has 0 saturated carbocycles. The Hall–Kier alpha value is -5.24. The molecule has 0 spiro atoms. The lowest BCUT2D eigenvalue weighted by molar-refractivity contribution is -0.160. The van der Waals surface area contributed by atoms with Crippen LogP contribution >= 0.6 is 0 Å². The van der Waals surface area contributed by atoms with E-state index in [1.807, 2.05) is 105 Å². The first-order valence-corrected chi connectivity index (χ1v) is 18.3. The molecule has 0 unspecified atom stereocenters. The summed E-state index contributed by atoms with van der Waals surface area (Å²) in [5.74, 6) is -0.261. The highest BCUT2D eigenvalue weighted by Crippen LogP contribution is 2.44. The Kier molecular flexibility index (Phi) is 12.9. The van der Waals surface area contributed by atoms with Crippen molar-refractivity contribution in [3.05, 3.63) is 167 Å². The van der Waals surface area contributed by atoms with Crippen molar-refractivity contribution in [2.75, 3.05) is 32.9 Å². The molecule has 5 aromatic rings. The smallest absolute Gasteiger partial charge is 0.407 e. The van der Waals surface area contributed by atoms with Gasteiger partial charge in [0.25, 0.3) is 0 Å². The van der Waals surface area contributed by atoms with Crippen LogP contribution in [0.5, 0.6) is 0 Å². The number of nitrogens with zero attached hydrogens (tertiary/aromatic N) is 1. The van der Waals surface area contributed by atoms with Gasteiger partial charge in [-0.3, -0.25) is 4.79 Å². The molecule has 0 fully saturated rings. The monoisotopic (exact) mass is 696 g/mol. The first-order chi connectivity index (χ1) is 25.6. The maximum absolute atomic E-state index is 14.7. The van der Waals surface area contributed by atoms with Gasteiger partial charge in [0.2, 0.25) is 5.91 Å². The van der Waals surface area contributed by atoms with E-state index in [0.717, 1.165) is 27.8 Å². The third kappa shape index (κ3) is 9.15. The minimum absolute atomic E-state index is 0.0537. The minimum atomic E-state index is -0.881. The van der Waals surface area contributed by atoms with Gasteiger partial charge in [0.1, 0.15) is 12.6 Å². The molecular weight excluding hydrogens is 649 g/mol. The molecule has 1 aliphatic carbocycles. The molecule has 1 atom stereocenters. The third-order valence-corrected chi connectivity index (χ3v) is 9.69. The van der Waals surface area contributed by atoms with Crippen molar-refractivity contribution in [3.8, 4) is 11.1 Å². The lowest BCUT2D eigenvalue weighted by Gasteiger charge is -2.32. The first kappa shape index (κ1) is 36.5. The number of amides is 2. The molecule has 52 heavy (non-hydrogen) atoms. The zero-order chi connectivity index (χ0) is 36.1. The predicted octanol–water partition coefficient (Wildman–Crippen LogP) is 8.59. The Bertz CT molecular complexity index is 1780. The number of carbonyl (C=O) groups excluding carboxylic acids is 2. The van der Waals surface area contributed by atoms with Gasteiger partial charge in [-0.2, -0.15) is 0 Å². The summed E-state index contributed by atoms with van der Waals surface area (Å²) in [5.41, 5.74) is 7.84. The van der Waals surface area contributed by atoms with Gasteiger partial charge in [0, 0.05) is 38.0 Å². The van der Waals surface area contributed by atoms with Crippen LogP contribution in [0.2, 0.25) is 0 Å². The Labute approximate surface area is 307 Å². The van der Waals surface area contributed by atoms with E-state index in [1.54, 1.807) is 4.90 Å². The second kappa shape index (κ2) is 18.3. The number of ether oxygens (including phenoxy) is 3. The summed E-state index contributed by atoms with van der Waals surface area (Å²) in [7, 11) is 0. The van der Waals surface area contributed by atoms with E-state index < -0.39 is 18.4 Å². The van der Waals surface area contributed by atoms with Crippen LogP contribution in [-0.2, 0) is 25.4 Å². The average Bonchev–Trinajstić information content (AvgIpc) is 3.51. The van der Waals surface area contributed by atoms with E-state index in [9.17, 15) is 9.59 Å². The highest BCUT2D eigenvalue weighted by Gasteiger charge is 2.32. The molecule has 0 heterocycles. The van der Waals surface area contributed by atoms with Gasteiger partial charge in [0.15, 0.2) is 6.29 Å². The Balaban J connectivity index is 1.24. The molecule has 5 aromatic carbocycles. The molecule has 0 aromatic heterocycles. The SMILES string of the molecule is CCOC(CN(CCC(c1ccccc1)c1ccccc1)C(=O)[C@H](Cc1ccccc1)NC(=O)OCC1c2ccccc2-c2ccccc21)OCC. The molecule has 0 saturated heterocycles. The second-order valence-corrected chi connectivity index (χ2v) is 13.0. The van der Waals surface area contributed by atoms with Gasteiger partial charge in [-0.05, 0) is 59.2 Å². The van der Waals surface area contributed by atoms with Crippen LogP contribution in [0.25, 0.3) is 11.1 Å². The zero-order valence-corrected chi connectivity index (χ0v) is 30.0. The van der Waals surface area contributed by atoms with Crippen molar-refractivity contribution in [3.63, 3.8) is 0 Å². The van der Waals surface area contributed by atoms with Crippen LogP contribution in [0.15, 0.2) is 140 Å². The fourth-order valence-corrected chi connectivity index (χ4v) is 7.23. The topological polar surface area (TPSA) is 77.1 Å². The van der Waals surface area contributed by atoms with Gasteiger partial charge in [-0.25, -0.2) is 4.79 Å². The summed E-state index contributed by atoms with van der Waals surface area (Å²) in [6, 6.07) is 46.1. The Morgan fingerprint density at radius 1 is 0.673 bits per heavy atom. The number of hydrogen-bond acceptors (Lipinski definition) is 5. The lowest BCUT2D eigenvalue weighted by Crippen LogP contribution is -2.52. The van der Waals surface area contributed by atoms with Crippen molar-refractivity contribution in [2.45, 2.75) is 50.9 Å². The normalized spacial score (nSPS) is 12.7. The Morgan fingerprint density at radius 3 is 1.71 bits per heavy atom. The number of rotatable bonds is 17. The highest BCUT2D eigenvalue weighted by atomic mass is 16.7. The first-order valence-electron chi connectivity index (χ1n) is 18.3. The van der Waals surface area contributed by atoms with Crippen molar-refractivity contribution >= 4 is 12.0 Å². The van der Waals surface area contributed by atoms with Gasteiger partial charge < -0.3 is 24.4 Å². The summed E-state index contributed by atoms with van der Waals surface area (Å²) in [4.78, 5) is 30.2. The second-order valence-electron chi connectivity index (χ2n) is 13.0. The third-order valence-electron chi connectivity index (χ3n) is 9.69. The quantitative estimate of drug-likeness (QED) is 0.0986. The molecule has 6 rings (SSSR count). The molecule has 268 valence electrons. The van der Waals surface area contributed by atoms with Gasteiger partial charge >= 0.3 is 6.09 Å². The van der Waals surface area contributed by atoms with Crippen molar-refractivity contribution in [2.24, 2.45) is 0 Å². The van der Waals surface area contributed by atoms with Crippen molar-refractivity contribution in [1.29, 1.82) is 0 Å². The summed E-state index contributed by atoms with van der Waals surface area (Å²) in [6.07, 6.45) is -0.283. The summed E-state index contributed by atoms with van der Waals surface area (Å²) in [5, 5.41) is 2.97. The maximum Gasteiger partial charge on any atom is 0.407 e. The van der Waals surface area contributed by atoms with Crippen LogP contribution < -0.4 is 5.32 Å². The van der Waals surface area contributed by atoms with Crippen molar-refractivity contribution < 1.29 is 23.8 Å². The Morgan fingerprint density at radius 2 is 1.17 bits per heavy atom. The van der Waals surface area contributed by atoms with Crippen LogP contribution in [0, 0.1) is 0 Å². The van der Waals surface area contributed by atoms with Gasteiger partial charge in [0.05, 0.1) is 6.54 Å². The standard InChI is InChI=1S/C45H48N2O5/c1-3-50-43(51-4-2)31-47(29-28-36(34-20-10-6-11-21-34)35-22-12-7-13-23-35)44(48)42(30-33-18-8-5-9-19-33)46-45(49)52-32-41-39-26-16-14-24-37(39)38-25-15-17-27-40(38)41/h5-27,36,41-43H,3-4,28-32H2,1-2H3,(H,46,49)/t42-/m0/s1. The predicted molar refractivity (Wildman–Crippen MR) is 205 cm³/mol. The minimum Gasteiger partial charge on any atom is -0.449 e. The van der Waals surface area contributed by atoms with E-state index in [0.29, 0.717) is 32.6 Å². The van der Waals surface area contributed by atoms with E-state index in [-0.39, 0.29) is 30.9 Å². The van der Waals surface area contributed by atoms with E-state index >= 15 is 0 Å². The lowest BCUT2D eigenvalue weighted by atomic mass is 9.88. The number of nitrogens with one attached hydrogen (secondary N) is 1. The molecule has 0 radical (unpaired) electrons. The largest absolute Gasteiger partial charge is 0.449 e. The number of alkyl carbamates (subject to hydrolysis) is 1. The van der Waals surface area contributed by atoms with Crippen LogP contribution in [0.1, 0.15) is 59.9 Å². The van der Waals surface area contributed by atoms with Crippen LogP contribution in [0.4, 0.5) is 4.79 Å². The van der Waals surface area contributed by atoms with Gasteiger partial charge in [-0.15, -0.1) is 0 Å². The number of fused-ring (bicyclic) bond motifs is 3. The fraction of sp³-hybridized carbons (Fsp3) is 0.289. The molecule has 7 heteroatoms. The molecule has 1 N–H and O–H groups in total. The maximum atomic E-state index is 14.7. The van der Waals surface area contributed by atoms with Crippen molar-refractivity contribution in [1.82, 2.24) is 10.2 Å². The summed E-state index contributed by atoms with van der Waals surface area (Å²) >= 11 is 0. The fourth-order valence-electron chi connectivity index (χ4n) is 7.23. The molecular formula is C45H48N2O5. The van der Waals surface area contributed by atoms with E-state index in [4.69, 9.17) is 14.2 Å². The number of hydrogen-bond donors (Lipinski definition) is 1. The molecule has 7 nitrogen and oxygen atoms in total. The zero-order valence-electron chi connectivity index (χ0n) is 30.0. The molecule has 1 aliphatic rings. The summed E-state index contributed by atoms with van der Waals surface area (Å²) in [6.45, 7) is 5.49. The summed E-state index contributed by atoms with van der Waals surface area (Å²) < 4.78 is 17.8. The van der Waals surface area contributed by atoms with E-state index in [1.165, 1.54) is 11.1 Å². The number of carbonyl (C=O) groups is 2. The van der Waals surface area contributed by atoms with Crippen LogP contribution in [0.3, 0.4) is 0 Å². The molecule has 0 bridgehead atoms. The average molecular weight is 697 g/mol. The molecule has 0 aliphatic heterocycles. The van der Waals surface area contributed by atoms with E-state index in [2.05, 4.69) is 53.8 Å². The van der Waals surface area contributed by atoms with Crippen LogP contribution in [-0.4, -0.2) is 62.1 Å². The number of benzene rings is 5. The van der Waals surface area contributed by atoms with Gasteiger partial charge in [-0.1, -0.05) is 140 Å². The molecule has 2 amide bonds. The highest BCUT2D eigenvalue weighted by molar-refractivity contribution is 5.86.